The fourth-order valence-electron chi connectivity index (χ4n) is 8.02. The summed E-state index contributed by atoms with van der Waals surface area (Å²) in [6.07, 6.45) is 7.74. The predicted molar refractivity (Wildman–Crippen MR) is 207 cm³/mol. The molecule has 4 heterocycles. The molecule has 1 atom stereocenters. The molecule has 53 heavy (non-hydrogen) atoms. The fraction of sp³-hybridized carbons (Fsp3) is 0.191. The van der Waals surface area contributed by atoms with Crippen LogP contribution in [0.2, 0.25) is 0 Å². The summed E-state index contributed by atoms with van der Waals surface area (Å²) in [4.78, 5) is 4.82. The van der Waals surface area contributed by atoms with E-state index in [2.05, 4.69) is 172 Å². The Kier molecular flexibility index (Phi) is 8.35. The number of ether oxygens (including phenoxy) is 1. The van der Waals surface area contributed by atoms with E-state index in [1.807, 2.05) is 35.0 Å². The first-order valence-corrected chi connectivity index (χ1v) is 17.9. The number of hydrogen-bond acceptors (Lipinski definition) is 2. The number of aromatic nitrogens is 4. The van der Waals surface area contributed by atoms with Gasteiger partial charge in [-0.3, -0.25) is 4.57 Å². The fourth-order valence-corrected chi connectivity index (χ4v) is 8.02. The Morgan fingerprint density at radius 3 is 2.28 bits per heavy atom. The second-order valence-corrected chi connectivity index (χ2v) is 15.5. The van der Waals surface area contributed by atoms with Crippen LogP contribution in [0.15, 0.2) is 134 Å². The quantitative estimate of drug-likeness (QED) is 0.128. The van der Waals surface area contributed by atoms with Gasteiger partial charge in [-0.25, -0.2) is 4.98 Å². The molecule has 0 radical (unpaired) electrons. The third-order valence-corrected chi connectivity index (χ3v) is 11.3. The second-order valence-electron chi connectivity index (χ2n) is 15.5. The first kappa shape index (κ1) is 34.8. The average Bonchev–Trinajstić information content (AvgIpc) is 3.75. The average molecular weight is 872 g/mol. The molecule has 0 bridgehead atoms. The van der Waals surface area contributed by atoms with Crippen molar-refractivity contribution in [2.45, 2.75) is 57.8 Å². The van der Waals surface area contributed by atoms with Gasteiger partial charge in [0.15, 0.2) is 0 Å². The van der Waals surface area contributed by atoms with E-state index in [-0.39, 0.29) is 37.3 Å². The van der Waals surface area contributed by atoms with E-state index in [0.29, 0.717) is 11.5 Å². The van der Waals surface area contributed by atoms with Crippen molar-refractivity contribution in [2.24, 2.45) is 0 Å². The van der Waals surface area contributed by atoms with Crippen molar-refractivity contribution in [1.29, 1.82) is 0 Å². The zero-order valence-corrected chi connectivity index (χ0v) is 33.0. The summed E-state index contributed by atoms with van der Waals surface area (Å²) in [5.74, 6) is 2.07. The third kappa shape index (κ3) is 5.48. The molecule has 5 nitrogen and oxygen atoms in total. The Bertz CT molecular complexity index is 2650. The number of fused-ring (bicyclic) bond motifs is 6. The molecule has 0 saturated carbocycles. The topological polar surface area (TPSA) is 35.9 Å². The van der Waals surface area contributed by atoms with Crippen molar-refractivity contribution in [3.05, 3.63) is 175 Å². The minimum Gasteiger partial charge on any atom is -0.510 e. The van der Waals surface area contributed by atoms with Gasteiger partial charge in [0, 0.05) is 61.3 Å². The van der Waals surface area contributed by atoms with Crippen LogP contribution >= 0.6 is 0 Å². The SMILES string of the molecule is CC(C)(C)c1ccnc(-n2c3[c-]c(Oc4[c-]c(-n5[c-][n+]6c(c5)C(C)(C)C(C)(c5ccccc5)c5ccccc5-6)ccc4)ccc3c3ccccc32)c1.[Pt]. The summed E-state index contributed by atoms with van der Waals surface area (Å²) in [5, 5.41) is 2.24. The summed E-state index contributed by atoms with van der Waals surface area (Å²) in [5.41, 5.74) is 8.40. The first-order chi connectivity index (χ1) is 25.0. The molecule has 8 aromatic rings. The van der Waals surface area contributed by atoms with Gasteiger partial charge in [-0.1, -0.05) is 114 Å². The Morgan fingerprint density at radius 1 is 0.736 bits per heavy atom. The van der Waals surface area contributed by atoms with E-state index >= 15 is 0 Å². The molecule has 5 aromatic carbocycles. The Balaban J connectivity index is 0.00000400. The van der Waals surface area contributed by atoms with Crippen LogP contribution in [0, 0.1) is 18.5 Å². The van der Waals surface area contributed by atoms with E-state index in [9.17, 15) is 0 Å². The standard InChI is InChI=1S/C47H40N4O.Pt/c1-45(2,3)33-25-26-48-44(27-33)51-40-21-12-10-19-37(40)38-24-23-36(29-42(38)51)52-35-18-14-17-34(28-35)49-30-43-46(4,5)47(6,32-15-8-7-9-16-32)39-20-11-13-22-41(39)50(43)31-49;/h7-27,30H,1-6H3;/q-2;. The van der Waals surface area contributed by atoms with Crippen LogP contribution in [-0.2, 0) is 37.3 Å². The van der Waals surface area contributed by atoms with E-state index < -0.39 is 0 Å². The summed E-state index contributed by atoms with van der Waals surface area (Å²) in [6, 6.07) is 49.5. The molecule has 9 rings (SSSR count). The molecule has 6 heteroatoms. The van der Waals surface area contributed by atoms with Gasteiger partial charge in [-0.2, -0.15) is 18.2 Å². The van der Waals surface area contributed by atoms with Gasteiger partial charge in [0.25, 0.3) is 6.33 Å². The smallest absolute Gasteiger partial charge is 0.267 e. The van der Waals surface area contributed by atoms with Gasteiger partial charge in [-0.15, -0.1) is 29.7 Å². The molecule has 3 aromatic heterocycles. The molecule has 266 valence electrons. The normalized spacial score (nSPS) is 16.2. The van der Waals surface area contributed by atoms with Crippen molar-refractivity contribution in [3.63, 3.8) is 0 Å². The monoisotopic (exact) mass is 871 g/mol. The minimum absolute atomic E-state index is 0. The maximum atomic E-state index is 6.52. The number of para-hydroxylation sites is 2. The molecule has 0 fully saturated rings. The molecule has 0 amide bonds. The molecule has 0 saturated heterocycles. The molecule has 1 unspecified atom stereocenters. The van der Waals surface area contributed by atoms with E-state index in [1.54, 1.807) is 0 Å². The maximum absolute atomic E-state index is 6.52. The van der Waals surface area contributed by atoms with Crippen LogP contribution in [0.1, 0.15) is 63.9 Å². The van der Waals surface area contributed by atoms with E-state index in [1.165, 1.54) is 22.4 Å². The van der Waals surface area contributed by atoms with Crippen LogP contribution in [0.25, 0.3) is 39.0 Å². The number of pyridine rings is 1. The predicted octanol–water partition coefficient (Wildman–Crippen LogP) is 10.3. The number of imidazole rings is 1. The van der Waals surface area contributed by atoms with Gasteiger partial charge in [0.2, 0.25) is 0 Å². The van der Waals surface area contributed by atoms with Crippen molar-refractivity contribution in [2.75, 3.05) is 0 Å². The number of hydrogen-bond donors (Lipinski definition) is 0. The summed E-state index contributed by atoms with van der Waals surface area (Å²) in [7, 11) is 0. The third-order valence-electron chi connectivity index (χ3n) is 11.3. The molecule has 0 N–H and O–H groups in total. The van der Waals surface area contributed by atoms with Crippen molar-refractivity contribution in [1.82, 2.24) is 14.1 Å². The summed E-state index contributed by atoms with van der Waals surface area (Å²) >= 11 is 0. The van der Waals surface area contributed by atoms with Crippen LogP contribution in [-0.4, -0.2) is 14.1 Å². The Morgan fingerprint density at radius 2 is 1.47 bits per heavy atom. The van der Waals surface area contributed by atoms with Gasteiger partial charge in [0.1, 0.15) is 5.82 Å². The Labute approximate surface area is 325 Å². The van der Waals surface area contributed by atoms with Crippen LogP contribution in [0.5, 0.6) is 11.5 Å². The maximum Gasteiger partial charge on any atom is 0.267 e. The van der Waals surface area contributed by atoms with Crippen molar-refractivity contribution >= 4 is 21.8 Å². The van der Waals surface area contributed by atoms with Crippen LogP contribution in [0.4, 0.5) is 0 Å². The molecule has 1 aliphatic rings. The number of nitrogens with zero attached hydrogens (tertiary/aromatic N) is 4. The Hall–Kier alpha value is -5.25. The zero-order chi connectivity index (χ0) is 35.8. The second kappa shape index (κ2) is 12.7. The van der Waals surface area contributed by atoms with Gasteiger partial charge < -0.3 is 13.9 Å². The van der Waals surface area contributed by atoms with E-state index in [0.717, 1.165) is 39.0 Å². The molecule has 0 aliphatic carbocycles. The molecular formula is C47H40N4OPt-2. The minimum atomic E-state index is -0.264. The van der Waals surface area contributed by atoms with Crippen LogP contribution in [0.3, 0.4) is 0 Å². The van der Waals surface area contributed by atoms with Gasteiger partial charge in [0.05, 0.1) is 11.4 Å². The largest absolute Gasteiger partial charge is 0.510 e. The molecule has 1 aliphatic heterocycles. The van der Waals surface area contributed by atoms with Gasteiger partial charge >= 0.3 is 0 Å². The molecular weight excluding hydrogens is 832 g/mol. The van der Waals surface area contributed by atoms with Crippen molar-refractivity contribution < 1.29 is 30.4 Å². The number of rotatable bonds is 5. The van der Waals surface area contributed by atoms with Crippen molar-refractivity contribution in [3.8, 4) is 28.7 Å². The number of benzene rings is 5. The summed E-state index contributed by atoms with van der Waals surface area (Å²) < 4.78 is 13.0. The zero-order valence-electron chi connectivity index (χ0n) is 30.7. The molecule has 0 spiro atoms. The summed E-state index contributed by atoms with van der Waals surface area (Å²) in [6.45, 7) is 13.7. The van der Waals surface area contributed by atoms with Gasteiger partial charge in [-0.05, 0) is 57.4 Å². The van der Waals surface area contributed by atoms with Crippen LogP contribution < -0.4 is 9.30 Å². The van der Waals surface area contributed by atoms with E-state index in [4.69, 9.17) is 9.72 Å². The first-order valence-electron chi connectivity index (χ1n) is 17.9.